The lowest BCUT2D eigenvalue weighted by Crippen LogP contribution is -2.45. The molecular weight excluding hydrogens is 350 g/mol. The molecule has 0 aliphatic rings. The fourth-order valence-corrected chi connectivity index (χ4v) is 3.32. The van der Waals surface area contributed by atoms with Gasteiger partial charge in [-0.25, -0.2) is 0 Å². The van der Waals surface area contributed by atoms with Gasteiger partial charge in [0, 0.05) is 18.7 Å². The van der Waals surface area contributed by atoms with Crippen LogP contribution in [0.4, 0.5) is 0 Å². The zero-order valence-electron chi connectivity index (χ0n) is 15.6. The molecule has 1 heterocycles. The van der Waals surface area contributed by atoms with Gasteiger partial charge in [0.05, 0.1) is 5.75 Å². The van der Waals surface area contributed by atoms with E-state index in [9.17, 15) is 9.59 Å². The fraction of sp³-hybridized carbons (Fsp3) is 0.444. The number of aryl methyl sites for hydroxylation is 1. The maximum absolute atomic E-state index is 12.1. The molecule has 2 N–H and O–H groups in total. The molecule has 0 spiro atoms. The van der Waals surface area contributed by atoms with Gasteiger partial charge in [-0.3, -0.25) is 9.59 Å². The average Bonchev–Trinajstić information content (AvgIpc) is 3.03. The number of carbonyl (C=O) groups excluding carboxylic acids is 2. The molecule has 140 valence electrons. The summed E-state index contributed by atoms with van der Waals surface area (Å²) in [5, 5.41) is 14.6. The Labute approximate surface area is 158 Å². The minimum Gasteiger partial charge on any atom is -0.355 e. The van der Waals surface area contributed by atoms with Gasteiger partial charge in [-0.1, -0.05) is 36.0 Å². The van der Waals surface area contributed by atoms with Gasteiger partial charge in [-0.2, -0.15) is 0 Å². The summed E-state index contributed by atoms with van der Waals surface area (Å²) in [4.78, 5) is 23.8. The van der Waals surface area contributed by atoms with Crippen molar-refractivity contribution in [2.24, 2.45) is 0 Å². The first kappa shape index (κ1) is 20.0. The van der Waals surface area contributed by atoms with Crippen molar-refractivity contribution in [3.63, 3.8) is 0 Å². The number of rotatable bonds is 8. The summed E-state index contributed by atoms with van der Waals surface area (Å²) in [5.74, 6) is 0.570. The van der Waals surface area contributed by atoms with Crippen LogP contribution in [0.1, 0.15) is 26.3 Å². The van der Waals surface area contributed by atoms with Crippen LogP contribution < -0.4 is 10.6 Å². The van der Waals surface area contributed by atoms with E-state index in [1.54, 1.807) is 6.92 Å². The summed E-state index contributed by atoms with van der Waals surface area (Å²) in [6.45, 7) is 8.80. The van der Waals surface area contributed by atoms with Gasteiger partial charge >= 0.3 is 0 Å². The number of nitrogens with one attached hydrogen (secondary N) is 2. The number of nitrogens with zero attached hydrogens (tertiary/aromatic N) is 3. The summed E-state index contributed by atoms with van der Waals surface area (Å²) in [6.07, 6.45) is 0. The van der Waals surface area contributed by atoms with Crippen LogP contribution in [0.15, 0.2) is 29.4 Å². The van der Waals surface area contributed by atoms with Gasteiger partial charge < -0.3 is 15.2 Å². The number of carbonyl (C=O) groups is 2. The van der Waals surface area contributed by atoms with Gasteiger partial charge in [0.15, 0.2) is 11.0 Å². The number of amides is 2. The van der Waals surface area contributed by atoms with Crippen LogP contribution in [0.2, 0.25) is 0 Å². The van der Waals surface area contributed by atoms with E-state index in [0.29, 0.717) is 18.2 Å². The predicted octanol–water partition coefficient (Wildman–Crippen LogP) is 2.01. The van der Waals surface area contributed by atoms with E-state index in [-0.39, 0.29) is 17.6 Å². The van der Waals surface area contributed by atoms with Crippen molar-refractivity contribution in [3.8, 4) is 11.4 Å². The average molecular weight is 375 g/mol. The van der Waals surface area contributed by atoms with E-state index in [1.807, 2.05) is 49.6 Å². The van der Waals surface area contributed by atoms with Crippen LogP contribution in [0.25, 0.3) is 11.4 Å². The van der Waals surface area contributed by atoms with Crippen LogP contribution in [-0.2, 0) is 16.1 Å². The summed E-state index contributed by atoms with van der Waals surface area (Å²) in [5.41, 5.74) is 2.16. The van der Waals surface area contributed by atoms with E-state index >= 15 is 0 Å². The Morgan fingerprint density at radius 3 is 2.62 bits per heavy atom. The number of hydrogen-bond donors (Lipinski definition) is 2. The second kappa shape index (κ2) is 9.38. The maximum Gasteiger partial charge on any atom is 0.242 e. The first-order valence-electron chi connectivity index (χ1n) is 8.67. The molecule has 0 unspecified atom stereocenters. The van der Waals surface area contributed by atoms with Gasteiger partial charge in [0.2, 0.25) is 11.8 Å². The molecule has 0 radical (unpaired) electrons. The molecule has 2 rings (SSSR count). The summed E-state index contributed by atoms with van der Waals surface area (Å²) in [7, 11) is 0. The number of hydrogen-bond acceptors (Lipinski definition) is 5. The molecule has 0 saturated carbocycles. The highest BCUT2D eigenvalue weighted by Gasteiger charge is 2.18. The van der Waals surface area contributed by atoms with Crippen LogP contribution in [0, 0.1) is 6.92 Å². The Hall–Kier alpha value is -2.35. The molecule has 0 aliphatic carbocycles. The molecule has 0 saturated heterocycles. The second-order valence-corrected chi connectivity index (χ2v) is 6.78. The molecule has 7 nitrogen and oxygen atoms in total. The van der Waals surface area contributed by atoms with Gasteiger partial charge in [-0.15, -0.1) is 10.2 Å². The molecule has 2 aromatic rings. The minimum absolute atomic E-state index is 0.176. The standard InChI is InChI=1S/C18H25N5O2S/c1-5-19-17(25)13(4)20-15(24)11-26-18-22-21-16(23(18)6-2)14-10-8-7-9-12(14)3/h7-10,13H,5-6,11H2,1-4H3,(H,19,25)(H,20,24)/t13-/m0/s1. The molecule has 0 aliphatic heterocycles. The minimum atomic E-state index is -0.561. The Morgan fingerprint density at radius 2 is 1.96 bits per heavy atom. The van der Waals surface area contributed by atoms with Gasteiger partial charge in [-0.05, 0) is 33.3 Å². The maximum atomic E-state index is 12.1. The lowest BCUT2D eigenvalue weighted by molar-refractivity contribution is -0.127. The second-order valence-electron chi connectivity index (χ2n) is 5.84. The summed E-state index contributed by atoms with van der Waals surface area (Å²) >= 11 is 1.31. The topological polar surface area (TPSA) is 88.9 Å². The lowest BCUT2D eigenvalue weighted by Gasteiger charge is -2.13. The number of aromatic nitrogens is 3. The third-order valence-electron chi connectivity index (χ3n) is 3.87. The predicted molar refractivity (Wildman–Crippen MR) is 103 cm³/mol. The Morgan fingerprint density at radius 1 is 1.23 bits per heavy atom. The van der Waals surface area contributed by atoms with E-state index in [0.717, 1.165) is 17.0 Å². The van der Waals surface area contributed by atoms with E-state index in [4.69, 9.17) is 0 Å². The van der Waals surface area contributed by atoms with Crippen LogP contribution in [0.3, 0.4) is 0 Å². The van der Waals surface area contributed by atoms with Gasteiger partial charge in [0.25, 0.3) is 0 Å². The molecule has 8 heteroatoms. The number of likely N-dealkylation sites (N-methyl/N-ethyl adjacent to an activating group) is 1. The van der Waals surface area contributed by atoms with Crippen molar-refractivity contribution in [2.45, 2.75) is 45.4 Å². The van der Waals surface area contributed by atoms with E-state index < -0.39 is 6.04 Å². The summed E-state index contributed by atoms with van der Waals surface area (Å²) in [6, 6.07) is 7.45. The van der Waals surface area contributed by atoms with Crippen molar-refractivity contribution >= 4 is 23.6 Å². The monoisotopic (exact) mass is 375 g/mol. The normalized spacial score (nSPS) is 11.8. The van der Waals surface area contributed by atoms with Crippen LogP contribution in [-0.4, -0.2) is 44.9 Å². The van der Waals surface area contributed by atoms with E-state index in [1.165, 1.54) is 11.8 Å². The quantitative estimate of drug-likeness (QED) is 0.689. The zero-order valence-corrected chi connectivity index (χ0v) is 16.4. The van der Waals surface area contributed by atoms with E-state index in [2.05, 4.69) is 20.8 Å². The Balaban J connectivity index is 2.03. The van der Waals surface area contributed by atoms with Crippen molar-refractivity contribution in [1.29, 1.82) is 0 Å². The largest absolute Gasteiger partial charge is 0.355 e. The Kier molecular flexibility index (Phi) is 7.20. The fourth-order valence-electron chi connectivity index (χ4n) is 2.51. The molecule has 1 aromatic heterocycles. The lowest BCUT2D eigenvalue weighted by atomic mass is 10.1. The first-order valence-corrected chi connectivity index (χ1v) is 9.65. The Bertz CT molecular complexity index is 775. The molecule has 2 amide bonds. The van der Waals surface area contributed by atoms with Gasteiger partial charge in [0.1, 0.15) is 6.04 Å². The summed E-state index contributed by atoms with van der Waals surface area (Å²) < 4.78 is 1.99. The van der Waals surface area contributed by atoms with Crippen molar-refractivity contribution < 1.29 is 9.59 Å². The smallest absolute Gasteiger partial charge is 0.242 e. The molecule has 1 atom stereocenters. The third kappa shape index (κ3) is 4.85. The molecule has 0 fully saturated rings. The van der Waals surface area contributed by atoms with Crippen molar-refractivity contribution in [3.05, 3.63) is 29.8 Å². The molecule has 0 bridgehead atoms. The van der Waals surface area contributed by atoms with Crippen LogP contribution >= 0.6 is 11.8 Å². The molecule has 26 heavy (non-hydrogen) atoms. The van der Waals surface area contributed by atoms with Crippen molar-refractivity contribution in [1.82, 2.24) is 25.4 Å². The first-order chi connectivity index (χ1) is 12.5. The zero-order chi connectivity index (χ0) is 19.1. The number of benzene rings is 1. The SMILES string of the molecule is CCNC(=O)[C@H](C)NC(=O)CSc1nnc(-c2ccccc2C)n1CC. The molecular formula is C18H25N5O2S. The number of thioether (sulfide) groups is 1. The highest BCUT2D eigenvalue weighted by atomic mass is 32.2. The van der Waals surface area contributed by atoms with Crippen molar-refractivity contribution in [2.75, 3.05) is 12.3 Å². The highest BCUT2D eigenvalue weighted by molar-refractivity contribution is 7.99. The molecule has 1 aromatic carbocycles. The van der Waals surface area contributed by atoms with Crippen LogP contribution in [0.5, 0.6) is 0 Å². The highest BCUT2D eigenvalue weighted by Crippen LogP contribution is 2.26. The third-order valence-corrected chi connectivity index (χ3v) is 4.84.